The number of amides is 1. The highest BCUT2D eigenvalue weighted by atomic mass is 19.1. The first-order chi connectivity index (χ1) is 6.26. The second-order valence-electron chi connectivity index (χ2n) is 3.91. The summed E-state index contributed by atoms with van der Waals surface area (Å²) in [4.78, 5) is 21.4. The smallest absolute Gasteiger partial charge is 0.408 e. The molecule has 0 aromatic heterocycles. The van der Waals surface area contributed by atoms with Crippen LogP contribution < -0.4 is 5.32 Å². The van der Waals surface area contributed by atoms with Gasteiger partial charge in [-0.15, -0.1) is 0 Å². The van der Waals surface area contributed by atoms with Crippen LogP contribution >= 0.6 is 0 Å². The van der Waals surface area contributed by atoms with Gasteiger partial charge in [0.15, 0.2) is 0 Å². The predicted molar refractivity (Wildman–Crippen MR) is 49.6 cm³/mol. The van der Waals surface area contributed by atoms with Gasteiger partial charge in [0.2, 0.25) is 0 Å². The molecule has 14 heavy (non-hydrogen) atoms. The van der Waals surface area contributed by atoms with E-state index in [1.54, 1.807) is 27.7 Å². The molecule has 1 atom stereocenters. The van der Waals surface area contributed by atoms with Crippen molar-refractivity contribution in [2.75, 3.05) is 0 Å². The van der Waals surface area contributed by atoms with Crippen LogP contribution in [0.15, 0.2) is 0 Å². The highest BCUT2D eigenvalue weighted by Crippen LogP contribution is 2.07. The molecule has 0 radical (unpaired) electrons. The first kappa shape index (κ1) is 12.9. The number of halogens is 1. The van der Waals surface area contributed by atoms with E-state index in [1.165, 1.54) is 0 Å². The van der Waals surface area contributed by atoms with Crippen molar-refractivity contribution in [2.24, 2.45) is 0 Å². The van der Waals surface area contributed by atoms with Crippen molar-refractivity contribution in [3.05, 3.63) is 0 Å². The van der Waals surface area contributed by atoms with Crippen molar-refractivity contribution in [3.8, 4) is 0 Å². The van der Waals surface area contributed by atoms with E-state index < -0.39 is 23.8 Å². The van der Waals surface area contributed by atoms with E-state index in [4.69, 9.17) is 4.74 Å². The number of carbonyl (C=O) groups is 2. The summed E-state index contributed by atoms with van der Waals surface area (Å²) in [5.41, 5.74) is -0.651. The van der Waals surface area contributed by atoms with Crippen LogP contribution in [-0.2, 0) is 9.53 Å². The Morgan fingerprint density at radius 1 is 1.43 bits per heavy atom. The Labute approximate surface area is 82.8 Å². The molecule has 0 rings (SSSR count). The van der Waals surface area contributed by atoms with Gasteiger partial charge in [-0.2, -0.15) is 4.39 Å². The van der Waals surface area contributed by atoms with E-state index in [0.29, 0.717) is 0 Å². The third-order valence-corrected chi connectivity index (χ3v) is 1.37. The zero-order valence-corrected chi connectivity index (χ0v) is 8.89. The summed E-state index contributed by atoms with van der Waals surface area (Å²) in [6.45, 7) is 6.65. The van der Waals surface area contributed by atoms with Crippen molar-refractivity contribution in [3.63, 3.8) is 0 Å². The lowest BCUT2D eigenvalue weighted by atomic mass is 10.2. The van der Waals surface area contributed by atoms with Crippen LogP contribution in [0.3, 0.4) is 0 Å². The third-order valence-electron chi connectivity index (χ3n) is 1.37. The molecule has 0 aliphatic carbocycles. The number of carbonyl (C=O) groups excluding carboxylic acids is 2. The minimum absolute atomic E-state index is 0.203. The number of nitrogens with one attached hydrogen (secondary N) is 1. The lowest BCUT2D eigenvalue weighted by molar-refractivity contribution is -0.131. The molecule has 5 heteroatoms. The van der Waals surface area contributed by atoms with Crippen LogP contribution in [0, 0.1) is 0 Å². The third kappa shape index (κ3) is 5.50. The molecule has 0 aromatic rings. The molecular weight excluding hydrogens is 189 g/mol. The van der Waals surface area contributed by atoms with Gasteiger partial charge in [0, 0.05) is 0 Å². The first-order valence-corrected chi connectivity index (χ1v) is 4.45. The quantitative estimate of drug-likeness (QED) is 0.714. The molecule has 0 heterocycles. The average Bonchev–Trinajstić information content (AvgIpc) is 1.96. The van der Waals surface area contributed by atoms with Crippen LogP contribution in [-0.4, -0.2) is 23.8 Å². The Morgan fingerprint density at radius 3 is 2.21 bits per heavy atom. The fourth-order valence-electron chi connectivity index (χ4n) is 0.769. The minimum atomic E-state index is -1.56. The number of ether oxygens (including phenoxy) is 1. The molecule has 0 aliphatic heterocycles. The van der Waals surface area contributed by atoms with Crippen molar-refractivity contribution in [1.82, 2.24) is 5.32 Å². The molecule has 4 nitrogen and oxygen atoms in total. The highest BCUT2D eigenvalue weighted by molar-refractivity contribution is 5.80. The molecule has 82 valence electrons. The summed E-state index contributed by atoms with van der Waals surface area (Å²) < 4.78 is 17.1. The van der Waals surface area contributed by atoms with Crippen molar-refractivity contribution >= 4 is 12.1 Å². The largest absolute Gasteiger partial charge is 0.444 e. The Kier molecular flexibility index (Phi) is 4.53. The molecule has 1 amide bonds. The predicted octanol–water partition coefficient (Wildman–Crippen LogP) is 1.79. The van der Waals surface area contributed by atoms with Gasteiger partial charge >= 0.3 is 12.1 Å². The van der Waals surface area contributed by atoms with Gasteiger partial charge in [-0.3, -0.25) is 4.79 Å². The van der Waals surface area contributed by atoms with Crippen LogP contribution in [0.2, 0.25) is 0 Å². The van der Waals surface area contributed by atoms with Gasteiger partial charge in [-0.1, -0.05) is 6.92 Å². The second kappa shape index (κ2) is 4.93. The van der Waals surface area contributed by atoms with Crippen LogP contribution in [0.4, 0.5) is 9.18 Å². The van der Waals surface area contributed by atoms with Crippen LogP contribution in [0.1, 0.15) is 34.1 Å². The molecule has 0 saturated carbocycles. The molecule has 0 unspecified atom stereocenters. The summed E-state index contributed by atoms with van der Waals surface area (Å²) >= 11 is 0. The highest BCUT2D eigenvalue weighted by Gasteiger charge is 2.22. The van der Waals surface area contributed by atoms with Crippen molar-refractivity contribution in [1.29, 1.82) is 0 Å². The van der Waals surface area contributed by atoms with Gasteiger partial charge in [0.1, 0.15) is 11.6 Å². The van der Waals surface area contributed by atoms with E-state index in [0.717, 1.165) is 0 Å². The topological polar surface area (TPSA) is 55.4 Å². The van der Waals surface area contributed by atoms with E-state index in [-0.39, 0.29) is 6.42 Å². The monoisotopic (exact) mass is 205 g/mol. The zero-order valence-electron chi connectivity index (χ0n) is 8.89. The molecular formula is C9H16FNO3. The Bertz CT molecular complexity index is 223. The Balaban J connectivity index is 4.11. The molecule has 0 bridgehead atoms. The SMILES string of the molecule is CC[C@H](NC(=O)OC(C)(C)C)C(=O)F. The number of hydrogen-bond acceptors (Lipinski definition) is 3. The zero-order chi connectivity index (χ0) is 11.4. The number of rotatable bonds is 3. The van der Waals surface area contributed by atoms with Gasteiger partial charge in [0.05, 0.1) is 0 Å². The van der Waals surface area contributed by atoms with E-state index in [2.05, 4.69) is 5.32 Å². The summed E-state index contributed by atoms with van der Waals surface area (Å²) in [7, 11) is 0. The van der Waals surface area contributed by atoms with Gasteiger partial charge in [-0.25, -0.2) is 4.79 Å². The van der Waals surface area contributed by atoms with Crippen molar-refractivity contribution in [2.45, 2.75) is 45.8 Å². The van der Waals surface area contributed by atoms with Gasteiger partial charge in [-0.05, 0) is 27.2 Å². The lowest BCUT2D eigenvalue weighted by Crippen LogP contribution is -2.41. The Hall–Kier alpha value is -1.13. The maximum absolute atomic E-state index is 12.3. The van der Waals surface area contributed by atoms with Crippen LogP contribution in [0.5, 0.6) is 0 Å². The minimum Gasteiger partial charge on any atom is -0.444 e. The fourth-order valence-corrected chi connectivity index (χ4v) is 0.769. The number of alkyl carbamates (subject to hydrolysis) is 1. The molecule has 0 aliphatic rings. The molecule has 0 saturated heterocycles. The molecule has 0 fully saturated rings. The molecule has 0 spiro atoms. The first-order valence-electron chi connectivity index (χ1n) is 4.45. The van der Waals surface area contributed by atoms with Gasteiger partial charge in [0.25, 0.3) is 0 Å². The summed E-state index contributed by atoms with van der Waals surface area (Å²) in [5.74, 6) is 0. The second-order valence-corrected chi connectivity index (χ2v) is 3.91. The van der Waals surface area contributed by atoms with E-state index >= 15 is 0 Å². The molecule has 0 aromatic carbocycles. The summed E-state index contributed by atoms with van der Waals surface area (Å²) in [6.07, 6.45) is -0.579. The average molecular weight is 205 g/mol. The van der Waals surface area contributed by atoms with Gasteiger partial charge < -0.3 is 10.1 Å². The summed E-state index contributed by atoms with van der Waals surface area (Å²) in [6, 6.07) is -2.66. The standard InChI is InChI=1S/C9H16FNO3/c1-5-6(7(10)12)11-8(13)14-9(2,3)4/h6H,5H2,1-4H3,(H,11,13)/t6-/m0/s1. The maximum atomic E-state index is 12.3. The lowest BCUT2D eigenvalue weighted by Gasteiger charge is -2.21. The molecule has 1 N–H and O–H groups in total. The Morgan fingerprint density at radius 2 is 1.93 bits per heavy atom. The van der Waals surface area contributed by atoms with Crippen LogP contribution in [0.25, 0.3) is 0 Å². The summed E-state index contributed by atoms with van der Waals surface area (Å²) in [5, 5.41) is 2.14. The number of hydrogen-bond donors (Lipinski definition) is 1. The normalized spacial score (nSPS) is 13.2. The fraction of sp³-hybridized carbons (Fsp3) is 0.778. The van der Waals surface area contributed by atoms with E-state index in [1.807, 2.05) is 0 Å². The van der Waals surface area contributed by atoms with Crippen molar-refractivity contribution < 1.29 is 18.7 Å². The maximum Gasteiger partial charge on any atom is 0.408 e. The van der Waals surface area contributed by atoms with E-state index in [9.17, 15) is 14.0 Å².